The van der Waals surface area contributed by atoms with Gasteiger partial charge in [-0.1, -0.05) is 36.6 Å². The number of aromatic nitrogens is 3. The van der Waals surface area contributed by atoms with E-state index in [9.17, 15) is 18.0 Å². The minimum Gasteiger partial charge on any atom is -0.497 e. The number of hydrogen-bond acceptors (Lipinski definition) is 4. The second-order valence-electron chi connectivity index (χ2n) is 6.94. The first-order chi connectivity index (χ1) is 14.5. The Kier molecular flexibility index (Phi) is 5.87. The minimum absolute atomic E-state index is 0.00509. The van der Waals surface area contributed by atoms with Gasteiger partial charge in [0.15, 0.2) is 17.0 Å². The largest absolute Gasteiger partial charge is 0.497 e. The Morgan fingerprint density at radius 2 is 2.06 bits per heavy atom. The van der Waals surface area contributed by atoms with E-state index in [0.29, 0.717) is 22.2 Å². The van der Waals surface area contributed by atoms with Gasteiger partial charge in [-0.25, -0.2) is 9.50 Å². The van der Waals surface area contributed by atoms with Crippen LogP contribution in [0.2, 0.25) is 5.02 Å². The lowest BCUT2D eigenvalue weighted by molar-refractivity contribution is -0.142. The van der Waals surface area contributed by atoms with Crippen molar-refractivity contribution in [1.82, 2.24) is 19.9 Å². The highest BCUT2D eigenvalue weighted by molar-refractivity contribution is 6.36. The Bertz CT molecular complexity index is 1200. The lowest BCUT2D eigenvalue weighted by Crippen LogP contribution is -2.44. The predicted octanol–water partition coefficient (Wildman–Crippen LogP) is 4.61. The number of halogens is 4. The molecule has 2 aromatic heterocycles. The summed E-state index contributed by atoms with van der Waals surface area (Å²) in [6, 6.07) is 7.23. The molecule has 2 heterocycles. The monoisotopic (exact) mass is 450 g/mol. The first-order valence-electron chi connectivity index (χ1n) is 9.14. The lowest BCUT2D eigenvalue weighted by atomic mass is 10.0. The van der Waals surface area contributed by atoms with E-state index >= 15 is 0 Å². The standard InChI is InChI=1S/C21H18ClF3N4O2/c1-5-20(3,6-2)27-19(30)17-16(22)18-26-14(12-8-7-9-13(10-12)31-4)11-15(21(23,24)25)29(18)28-17/h1,7-11H,6H2,2-4H3,(H,27,30). The molecule has 162 valence electrons. The summed E-state index contributed by atoms with van der Waals surface area (Å²) in [5.41, 5.74) is -2.49. The first kappa shape index (κ1) is 22.4. The number of ether oxygens (including phenoxy) is 1. The zero-order valence-electron chi connectivity index (χ0n) is 16.8. The van der Waals surface area contributed by atoms with E-state index in [1.807, 2.05) is 0 Å². The van der Waals surface area contributed by atoms with Crippen LogP contribution < -0.4 is 10.1 Å². The van der Waals surface area contributed by atoms with Crippen LogP contribution in [0, 0.1) is 12.3 Å². The molecule has 0 aliphatic heterocycles. The highest BCUT2D eigenvalue weighted by atomic mass is 35.5. The average molecular weight is 451 g/mol. The predicted molar refractivity (Wildman–Crippen MR) is 110 cm³/mol. The normalized spacial score (nSPS) is 13.5. The van der Waals surface area contributed by atoms with E-state index in [4.69, 9.17) is 22.8 Å². The molecule has 1 unspecified atom stereocenters. The molecular weight excluding hydrogens is 433 g/mol. The number of benzene rings is 1. The molecule has 0 fully saturated rings. The van der Waals surface area contributed by atoms with Gasteiger partial charge in [0.05, 0.1) is 18.3 Å². The molecular formula is C21H18ClF3N4O2. The maximum absolute atomic E-state index is 13.8. The number of carbonyl (C=O) groups excluding carboxylic acids is 1. The lowest BCUT2D eigenvalue weighted by Gasteiger charge is -2.22. The summed E-state index contributed by atoms with van der Waals surface area (Å²) in [5.74, 6) is 2.09. The second-order valence-corrected chi connectivity index (χ2v) is 7.32. The van der Waals surface area contributed by atoms with Crippen LogP contribution >= 0.6 is 11.6 Å². The van der Waals surface area contributed by atoms with Crippen LogP contribution in [-0.4, -0.2) is 33.2 Å². The Morgan fingerprint density at radius 1 is 1.35 bits per heavy atom. The number of nitrogens with zero attached hydrogens (tertiary/aromatic N) is 3. The summed E-state index contributed by atoms with van der Waals surface area (Å²) in [6.45, 7) is 3.37. The van der Waals surface area contributed by atoms with Crippen molar-refractivity contribution < 1.29 is 22.7 Å². The van der Waals surface area contributed by atoms with Gasteiger partial charge in [0.2, 0.25) is 0 Å². The van der Waals surface area contributed by atoms with Crippen LogP contribution in [0.4, 0.5) is 13.2 Å². The van der Waals surface area contributed by atoms with Gasteiger partial charge in [0.25, 0.3) is 5.91 Å². The van der Waals surface area contributed by atoms with Gasteiger partial charge in [0.1, 0.15) is 10.8 Å². The van der Waals surface area contributed by atoms with Gasteiger partial charge < -0.3 is 10.1 Å². The van der Waals surface area contributed by atoms with E-state index in [2.05, 4.69) is 21.3 Å². The highest BCUT2D eigenvalue weighted by Gasteiger charge is 2.37. The average Bonchev–Trinajstić information content (AvgIpc) is 3.09. The number of hydrogen-bond donors (Lipinski definition) is 1. The van der Waals surface area contributed by atoms with E-state index in [1.54, 1.807) is 32.0 Å². The van der Waals surface area contributed by atoms with Crippen LogP contribution in [0.1, 0.15) is 36.5 Å². The molecule has 0 bridgehead atoms. The molecule has 0 saturated heterocycles. The van der Waals surface area contributed by atoms with E-state index in [-0.39, 0.29) is 16.4 Å². The maximum atomic E-state index is 13.8. The Hall–Kier alpha value is -3.25. The van der Waals surface area contributed by atoms with Crippen molar-refractivity contribution in [3.8, 4) is 29.4 Å². The Morgan fingerprint density at radius 3 is 2.65 bits per heavy atom. The van der Waals surface area contributed by atoms with Crippen LogP contribution in [0.3, 0.4) is 0 Å². The molecule has 3 aromatic rings. The van der Waals surface area contributed by atoms with Crippen molar-refractivity contribution in [3.63, 3.8) is 0 Å². The minimum atomic E-state index is -4.78. The van der Waals surface area contributed by atoms with Crippen LogP contribution in [0.15, 0.2) is 30.3 Å². The summed E-state index contributed by atoms with van der Waals surface area (Å²) in [6.07, 6.45) is 1.06. The number of nitrogens with one attached hydrogen (secondary N) is 1. The fourth-order valence-electron chi connectivity index (χ4n) is 2.81. The topological polar surface area (TPSA) is 68.5 Å². The smallest absolute Gasteiger partial charge is 0.433 e. The Balaban J connectivity index is 2.21. The van der Waals surface area contributed by atoms with Gasteiger partial charge in [-0.3, -0.25) is 4.79 Å². The third kappa shape index (κ3) is 4.30. The third-order valence-electron chi connectivity index (χ3n) is 4.82. The van der Waals surface area contributed by atoms with Crippen molar-refractivity contribution >= 4 is 23.2 Å². The number of alkyl halides is 3. The molecule has 0 aliphatic rings. The number of amides is 1. The summed E-state index contributed by atoms with van der Waals surface area (Å²) in [4.78, 5) is 16.9. The van der Waals surface area contributed by atoms with Crippen LogP contribution in [0.5, 0.6) is 5.75 Å². The Labute approximate surface area is 181 Å². The van der Waals surface area contributed by atoms with Crippen molar-refractivity contribution in [2.45, 2.75) is 32.0 Å². The highest BCUT2D eigenvalue weighted by Crippen LogP contribution is 2.35. The van der Waals surface area contributed by atoms with Crippen molar-refractivity contribution in [1.29, 1.82) is 0 Å². The molecule has 6 nitrogen and oxygen atoms in total. The van der Waals surface area contributed by atoms with Crippen molar-refractivity contribution in [2.24, 2.45) is 0 Å². The summed E-state index contributed by atoms with van der Waals surface area (Å²) < 4.78 is 47.0. The van der Waals surface area contributed by atoms with E-state index in [0.717, 1.165) is 6.07 Å². The van der Waals surface area contributed by atoms with E-state index < -0.39 is 29.0 Å². The zero-order chi connectivity index (χ0) is 23.0. The van der Waals surface area contributed by atoms with Crippen LogP contribution in [0.25, 0.3) is 16.9 Å². The van der Waals surface area contributed by atoms with Crippen LogP contribution in [-0.2, 0) is 6.18 Å². The van der Waals surface area contributed by atoms with Gasteiger partial charge in [-0.05, 0) is 31.5 Å². The number of rotatable bonds is 5. The molecule has 1 aromatic carbocycles. The van der Waals surface area contributed by atoms with Gasteiger partial charge >= 0.3 is 6.18 Å². The van der Waals surface area contributed by atoms with Crippen molar-refractivity contribution in [2.75, 3.05) is 7.11 Å². The van der Waals surface area contributed by atoms with E-state index in [1.165, 1.54) is 13.2 Å². The molecule has 31 heavy (non-hydrogen) atoms. The number of methoxy groups -OCH3 is 1. The molecule has 0 saturated carbocycles. The molecule has 0 radical (unpaired) electrons. The van der Waals surface area contributed by atoms with Gasteiger partial charge in [-0.2, -0.15) is 18.3 Å². The number of carbonyl (C=O) groups is 1. The van der Waals surface area contributed by atoms with Gasteiger partial charge in [0, 0.05) is 5.56 Å². The quantitative estimate of drug-likeness (QED) is 0.576. The SMILES string of the molecule is C#CC(C)(CC)NC(=O)c1nn2c(C(F)(F)F)cc(-c3cccc(OC)c3)nc2c1Cl. The summed E-state index contributed by atoms with van der Waals surface area (Å²) in [7, 11) is 1.44. The molecule has 0 aliphatic carbocycles. The third-order valence-corrected chi connectivity index (χ3v) is 5.17. The molecule has 0 spiro atoms. The first-order valence-corrected chi connectivity index (χ1v) is 9.52. The summed E-state index contributed by atoms with van der Waals surface area (Å²) >= 11 is 6.26. The summed E-state index contributed by atoms with van der Waals surface area (Å²) in [5, 5.41) is 6.05. The molecule has 1 amide bonds. The van der Waals surface area contributed by atoms with Crippen molar-refractivity contribution in [3.05, 3.63) is 46.7 Å². The maximum Gasteiger partial charge on any atom is 0.433 e. The fourth-order valence-corrected chi connectivity index (χ4v) is 3.05. The fraction of sp³-hybridized carbons (Fsp3) is 0.286. The molecule has 3 rings (SSSR count). The number of fused-ring (bicyclic) bond motifs is 1. The molecule has 1 atom stereocenters. The molecule has 10 heteroatoms. The second kappa shape index (κ2) is 8.12. The molecule has 1 N–H and O–H groups in total. The number of terminal acetylenes is 1. The zero-order valence-corrected chi connectivity index (χ0v) is 17.6. The van der Waals surface area contributed by atoms with Gasteiger partial charge in [-0.15, -0.1) is 6.42 Å².